The minimum atomic E-state index is -1.15. The van der Waals surface area contributed by atoms with Crippen molar-refractivity contribution in [2.24, 2.45) is 0 Å². The number of fused-ring (bicyclic) bond motifs is 1. The van der Waals surface area contributed by atoms with Gasteiger partial charge in [-0.25, -0.2) is 4.98 Å². The lowest BCUT2D eigenvalue weighted by molar-refractivity contribution is -0.139. The standard InChI is InChI=1S/C23H30ClN3O4Si/c1-15-26-19-12-18(25)22(13-20(19)27(15)14-30-8-9-32(3,4)5)31-21-7-6-16(10-17(21)24)11-23(28)29-2/h6-7,10,12-13H,8-9,11,14,25H2,1-5H3. The molecule has 3 aromatic rings. The molecule has 0 aliphatic heterocycles. The summed E-state index contributed by atoms with van der Waals surface area (Å²) in [4.78, 5) is 16.1. The smallest absolute Gasteiger partial charge is 0.309 e. The highest BCUT2D eigenvalue weighted by atomic mass is 35.5. The minimum absolute atomic E-state index is 0.140. The average molecular weight is 476 g/mol. The summed E-state index contributed by atoms with van der Waals surface area (Å²) >= 11 is 6.38. The maximum atomic E-state index is 11.5. The Labute approximate surface area is 194 Å². The number of imidazole rings is 1. The highest BCUT2D eigenvalue weighted by Gasteiger charge is 2.16. The van der Waals surface area contributed by atoms with Crippen molar-refractivity contribution in [1.29, 1.82) is 0 Å². The fourth-order valence-electron chi connectivity index (χ4n) is 3.17. The summed E-state index contributed by atoms with van der Waals surface area (Å²) in [5.41, 5.74) is 9.07. The Morgan fingerprint density at radius 1 is 1.19 bits per heavy atom. The molecule has 1 heterocycles. The molecule has 0 radical (unpaired) electrons. The molecule has 0 unspecified atom stereocenters. The van der Waals surface area contributed by atoms with Crippen molar-refractivity contribution in [3.8, 4) is 11.5 Å². The van der Waals surface area contributed by atoms with Gasteiger partial charge >= 0.3 is 5.97 Å². The molecule has 0 spiro atoms. The van der Waals surface area contributed by atoms with Crippen molar-refractivity contribution in [1.82, 2.24) is 9.55 Å². The van der Waals surface area contributed by atoms with Crippen LogP contribution in [0.4, 0.5) is 5.69 Å². The molecule has 2 N–H and O–H groups in total. The molecular formula is C23H30ClN3O4Si. The van der Waals surface area contributed by atoms with Crippen molar-refractivity contribution >= 4 is 42.4 Å². The van der Waals surface area contributed by atoms with Crippen molar-refractivity contribution in [3.05, 3.63) is 46.7 Å². The number of nitrogen functional groups attached to an aromatic ring is 1. The van der Waals surface area contributed by atoms with Crippen LogP contribution in [-0.2, 0) is 27.4 Å². The van der Waals surface area contributed by atoms with Gasteiger partial charge in [-0.3, -0.25) is 4.79 Å². The van der Waals surface area contributed by atoms with E-state index in [0.717, 1.165) is 35.1 Å². The van der Waals surface area contributed by atoms with E-state index < -0.39 is 8.07 Å². The van der Waals surface area contributed by atoms with Crippen LogP contribution in [0.25, 0.3) is 11.0 Å². The number of hydrogen-bond donors (Lipinski definition) is 1. The Bertz CT molecular complexity index is 1120. The number of anilines is 1. The normalized spacial score (nSPS) is 11.7. The van der Waals surface area contributed by atoms with E-state index in [9.17, 15) is 4.79 Å². The van der Waals surface area contributed by atoms with Crippen molar-refractivity contribution < 1.29 is 19.0 Å². The number of aryl methyl sites for hydroxylation is 1. The number of rotatable bonds is 9. The maximum Gasteiger partial charge on any atom is 0.309 e. The predicted octanol–water partition coefficient (Wildman–Crippen LogP) is 5.40. The molecule has 32 heavy (non-hydrogen) atoms. The second-order valence-corrected chi connectivity index (χ2v) is 15.0. The van der Waals surface area contributed by atoms with E-state index in [-0.39, 0.29) is 12.4 Å². The molecule has 2 aromatic carbocycles. The number of benzene rings is 2. The molecule has 0 saturated carbocycles. The Kier molecular flexibility index (Phi) is 7.48. The van der Waals surface area contributed by atoms with Gasteiger partial charge in [-0.15, -0.1) is 0 Å². The zero-order valence-corrected chi connectivity index (χ0v) is 21.0. The molecule has 0 atom stereocenters. The molecule has 0 aliphatic carbocycles. The minimum Gasteiger partial charge on any atom is -0.469 e. The molecule has 0 saturated heterocycles. The van der Waals surface area contributed by atoms with E-state index in [4.69, 9.17) is 31.5 Å². The highest BCUT2D eigenvalue weighted by Crippen LogP contribution is 2.36. The monoisotopic (exact) mass is 475 g/mol. The summed E-state index contributed by atoms with van der Waals surface area (Å²) in [6, 6.07) is 9.91. The molecule has 0 amide bonds. The lowest BCUT2D eigenvalue weighted by atomic mass is 10.1. The number of hydrogen-bond acceptors (Lipinski definition) is 6. The lowest BCUT2D eigenvalue weighted by Crippen LogP contribution is -2.22. The molecule has 0 aliphatic rings. The van der Waals surface area contributed by atoms with Crippen LogP contribution in [0.5, 0.6) is 11.5 Å². The summed E-state index contributed by atoms with van der Waals surface area (Å²) in [5.74, 6) is 1.43. The van der Waals surface area contributed by atoms with Crippen LogP contribution in [0.3, 0.4) is 0 Å². The van der Waals surface area contributed by atoms with Crippen LogP contribution in [0.15, 0.2) is 30.3 Å². The second-order valence-electron chi connectivity index (χ2n) is 8.93. The Morgan fingerprint density at radius 2 is 1.94 bits per heavy atom. The summed E-state index contributed by atoms with van der Waals surface area (Å²) in [7, 11) is 0.200. The molecule has 0 fully saturated rings. The zero-order valence-electron chi connectivity index (χ0n) is 19.2. The first-order chi connectivity index (χ1) is 15.1. The number of nitrogens with zero attached hydrogens (tertiary/aromatic N) is 2. The van der Waals surface area contributed by atoms with Crippen molar-refractivity contribution in [3.63, 3.8) is 0 Å². The van der Waals surface area contributed by atoms with Gasteiger partial charge in [0.05, 0.1) is 35.3 Å². The summed E-state index contributed by atoms with van der Waals surface area (Å²) < 4.78 is 18.7. The predicted molar refractivity (Wildman–Crippen MR) is 130 cm³/mol. The number of methoxy groups -OCH3 is 1. The van der Waals surface area contributed by atoms with E-state index in [2.05, 4.69) is 24.6 Å². The molecular weight excluding hydrogens is 446 g/mol. The quantitative estimate of drug-likeness (QED) is 0.193. The van der Waals surface area contributed by atoms with Gasteiger partial charge in [0, 0.05) is 20.7 Å². The van der Waals surface area contributed by atoms with Gasteiger partial charge in [0.25, 0.3) is 0 Å². The Hall–Kier alpha value is -2.55. The van der Waals surface area contributed by atoms with Crippen LogP contribution in [-0.4, -0.2) is 37.3 Å². The van der Waals surface area contributed by atoms with Gasteiger partial charge in [-0.2, -0.15) is 0 Å². The summed E-state index contributed by atoms with van der Waals surface area (Å²) in [6.07, 6.45) is 0.140. The third-order valence-corrected chi connectivity index (χ3v) is 7.08. The van der Waals surface area contributed by atoms with Crippen LogP contribution < -0.4 is 10.5 Å². The number of esters is 1. The van der Waals surface area contributed by atoms with E-state index in [0.29, 0.717) is 28.9 Å². The molecule has 9 heteroatoms. The van der Waals surface area contributed by atoms with Crippen molar-refractivity contribution in [2.75, 3.05) is 19.5 Å². The largest absolute Gasteiger partial charge is 0.469 e. The first-order valence-corrected chi connectivity index (χ1v) is 14.5. The third kappa shape index (κ3) is 6.03. The van der Waals surface area contributed by atoms with Gasteiger partial charge in [0.2, 0.25) is 0 Å². The Balaban J connectivity index is 1.81. The van der Waals surface area contributed by atoms with E-state index in [1.165, 1.54) is 7.11 Å². The van der Waals surface area contributed by atoms with Gasteiger partial charge in [-0.05, 0) is 36.7 Å². The fraction of sp³-hybridized carbons (Fsp3) is 0.391. The number of carbonyl (C=O) groups is 1. The van der Waals surface area contributed by atoms with E-state index in [1.807, 2.05) is 17.6 Å². The van der Waals surface area contributed by atoms with Crippen LogP contribution >= 0.6 is 11.6 Å². The molecule has 7 nitrogen and oxygen atoms in total. The number of ether oxygens (including phenoxy) is 3. The SMILES string of the molecule is COC(=O)Cc1ccc(Oc2cc3c(cc2N)nc(C)n3COCC[Si](C)(C)C)c(Cl)c1. The average Bonchev–Trinajstić information content (AvgIpc) is 3.00. The van der Waals surface area contributed by atoms with E-state index >= 15 is 0 Å². The van der Waals surface area contributed by atoms with Gasteiger partial charge in [0.1, 0.15) is 18.3 Å². The zero-order chi connectivity index (χ0) is 23.5. The molecule has 0 bridgehead atoms. The lowest BCUT2D eigenvalue weighted by Gasteiger charge is -2.16. The summed E-state index contributed by atoms with van der Waals surface area (Å²) in [5, 5.41) is 0.380. The highest BCUT2D eigenvalue weighted by molar-refractivity contribution is 6.76. The maximum absolute atomic E-state index is 11.5. The van der Waals surface area contributed by atoms with Gasteiger partial charge in [0.15, 0.2) is 5.75 Å². The molecule has 172 valence electrons. The van der Waals surface area contributed by atoms with Crippen molar-refractivity contribution in [2.45, 2.75) is 45.8 Å². The second kappa shape index (κ2) is 9.93. The van der Waals surface area contributed by atoms with Gasteiger partial charge in [-0.1, -0.05) is 37.3 Å². The van der Waals surface area contributed by atoms with Gasteiger partial charge < -0.3 is 24.5 Å². The van der Waals surface area contributed by atoms with Crippen LogP contribution in [0.2, 0.25) is 30.7 Å². The first-order valence-electron chi connectivity index (χ1n) is 10.4. The first kappa shape index (κ1) is 24.1. The fourth-order valence-corrected chi connectivity index (χ4v) is 4.17. The Morgan fingerprint density at radius 3 is 2.59 bits per heavy atom. The number of carbonyl (C=O) groups excluding carboxylic acids is 1. The summed E-state index contributed by atoms with van der Waals surface area (Å²) in [6.45, 7) is 10.1. The molecule has 1 aromatic heterocycles. The van der Waals surface area contributed by atoms with E-state index in [1.54, 1.807) is 24.3 Å². The topological polar surface area (TPSA) is 88.6 Å². The molecule has 3 rings (SSSR count). The third-order valence-electron chi connectivity index (χ3n) is 5.08. The number of nitrogens with two attached hydrogens (primary N) is 1. The van der Waals surface area contributed by atoms with Crippen LogP contribution in [0.1, 0.15) is 11.4 Å². The number of aromatic nitrogens is 2. The number of halogens is 1. The van der Waals surface area contributed by atoms with Crippen LogP contribution in [0, 0.1) is 6.92 Å².